The average molecular weight is 231 g/mol. The Balaban J connectivity index is 2.24. The van der Waals surface area contributed by atoms with E-state index in [1.807, 2.05) is 0 Å². The molecule has 2 aromatic rings. The lowest BCUT2D eigenvalue weighted by Gasteiger charge is -2.02. The number of para-hydroxylation sites is 1. The minimum atomic E-state index is 0.314. The van der Waals surface area contributed by atoms with Gasteiger partial charge in [0, 0.05) is 30.3 Å². The van der Waals surface area contributed by atoms with Crippen molar-refractivity contribution in [1.82, 2.24) is 4.57 Å². The summed E-state index contributed by atoms with van der Waals surface area (Å²) in [7, 11) is 2.13. The second-order valence-electron chi connectivity index (χ2n) is 4.67. The molecule has 0 spiro atoms. The summed E-state index contributed by atoms with van der Waals surface area (Å²) < 4.78 is 2.27. The number of hydrogen-bond donors (Lipinski definition) is 1. The highest BCUT2D eigenvalue weighted by molar-refractivity contribution is 5.85. The van der Waals surface area contributed by atoms with E-state index >= 15 is 0 Å². The number of hydrogen-bond acceptors (Lipinski definition) is 1. The summed E-state index contributed by atoms with van der Waals surface area (Å²) in [6.07, 6.45) is 4.31. The van der Waals surface area contributed by atoms with Crippen molar-refractivity contribution < 1.29 is 5.11 Å². The second-order valence-corrected chi connectivity index (χ2v) is 4.67. The molecule has 2 nitrogen and oxygen atoms in total. The van der Waals surface area contributed by atoms with Crippen LogP contribution in [-0.4, -0.2) is 16.3 Å². The number of unbranched alkanes of at least 4 members (excludes halogenated alkanes) is 2. The molecule has 0 radical (unpaired) electrons. The average Bonchev–Trinajstić information content (AvgIpc) is 2.60. The van der Waals surface area contributed by atoms with Crippen molar-refractivity contribution in [1.29, 1.82) is 0 Å². The molecule has 0 aliphatic rings. The molecule has 1 N–H and O–H groups in total. The Labute approximate surface area is 103 Å². The van der Waals surface area contributed by atoms with E-state index in [0.717, 1.165) is 25.7 Å². The quantitative estimate of drug-likeness (QED) is 0.785. The maximum atomic E-state index is 8.79. The first kappa shape index (κ1) is 12.2. The van der Waals surface area contributed by atoms with Crippen LogP contribution in [0.5, 0.6) is 0 Å². The predicted octanol–water partition coefficient (Wildman–Crippen LogP) is 3.19. The van der Waals surface area contributed by atoms with Gasteiger partial charge in [-0.15, -0.1) is 0 Å². The Bertz CT molecular complexity index is 499. The molecule has 2 heteroatoms. The van der Waals surface area contributed by atoms with Crippen LogP contribution in [-0.2, 0) is 13.5 Å². The van der Waals surface area contributed by atoms with E-state index < -0.39 is 0 Å². The third kappa shape index (κ3) is 2.37. The van der Waals surface area contributed by atoms with Crippen LogP contribution in [0.15, 0.2) is 24.3 Å². The zero-order valence-corrected chi connectivity index (χ0v) is 10.7. The standard InChI is InChI=1S/C15H21NO/c1-12-13(8-4-3-7-11-17)14-9-5-6-10-15(14)16(12)2/h5-6,9-10,17H,3-4,7-8,11H2,1-2H3. The van der Waals surface area contributed by atoms with Crippen molar-refractivity contribution in [3.05, 3.63) is 35.5 Å². The van der Waals surface area contributed by atoms with E-state index in [1.165, 1.54) is 22.2 Å². The van der Waals surface area contributed by atoms with Gasteiger partial charge < -0.3 is 9.67 Å². The summed E-state index contributed by atoms with van der Waals surface area (Å²) in [4.78, 5) is 0. The Hall–Kier alpha value is -1.28. The highest BCUT2D eigenvalue weighted by atomic mass is 16.2. The van der Waals surface area contributed by atoms with E-state index in [0.29, 0.717) is 6.61 Å². The van der Waals surface area contributed by atoms with E-state index in [9.17, 15) is 0 Å². The normalized spacial score (nSPS) is 11.2. The second kappa shape index (κ2) is 5.37. The molecule has 0 aliphatic carbocycles. The molecule has 1 aromatic carbocycles. The lowest BCUT2D eigenvalue weighted by molar-refractivity contribution is 0.283. The van der Waals surface area contributed by atoms with Crippen molar-refractivity contribution in [2.75, 3.05) is 6.61 Å². The molecule has 0 unspecified atom stereocenters. The Morgan fingerprint density at radius 2 is 1.88 bits per heavy atom. The number of aliphatic hydroxyl groups excluding tert-OH is 1. The minimum Gasteiger partial charge on any atom is -0.396 e. The molecule has 0 amide bonds. The highest BCUT2D eigenvalue weighted by Gasteiger charge is 2.10. The Kier molecular flexibility index (Phi) is 3.85. The SMILES string of the molecule is Cc1c(CCCCCO)c2ccccc2n1C. The summed E-state index contributed by atoms with van der Waals surface area (Å²) in [5.41, 5.74) is 4.17. The first-order valence-corrected chi connectivity index (χ1v) is 6.39. The molecule has 1 heterocycles. The largest absolute Gasteiger partial charge is 0.396 e. The van der Waals surface area contributed by atoms with Gasteiger partial charge in [-0.25, -0.2) is 0 Å². The molecule has 1 aromatic heterocycles. The van der Waals surface area contributed by atoms with E-state index in [1.54, 1.807) is 0 Å². The van der Waals surface area contributed by atoms with Crippen molar-refractivity contribution in [2.24, 2.45) is 7.05 Å². The molecule has 0 saturated carbocycles. The van der Waals surface area contributed by atoms with Crippen LogP contribution < -0.4 is 0 Å². The lowest BCUT2D eigenvalue weighted by Crippen LogP contribution is -1.93. The van der Waals surface area contributed by atoms with Gasteiger partial charge in [-0.2, -0.15) is 0 Å². The third-order valence-electron chi connectivity index (χ3n) is 3.62. The van der Waals surface area contributed by atoms with E-state index in [4.69, 9.17) is 5.11 Å². The number of rotatable bonds is 5. The number of aromatic nitrogens is 1. The van der Waals surface area contributed by atoms with Crippen molar-refractivity contribution >= 4 is 10.9 Å². The smallest absolute Gasteiger partial charge is 0.0482 e. The van der Waals surface area contributed by atoms with Crippen molar-refractivity contribution in [3.8, 4) is 0 Å². The number of benzene rings is 1. The van der Waals surface area contributed by atoms with Crippen molar-refractivity contribution in [3.63, 3.8) is 0 Å². The summed E-state index contributed by atoms with van der Waals surface area (Å²) in [6.45, 7) is 2.51. The fraction of sp³-hybridized carbons (Fsp3) is 0.467. The monoisotopic (exact) mass is 231 g/mol. The van der Waals surface area contributed by atoms with Gasteiger partial charge in [-0.3, -0.25) is 0 Å². The van der Waals surface area contributed by atoms with E-state index in [-0.39, 0.29) is 0 Å². The van der Waals surface area contributed by atoms with Crippen LogP contribution in [0.4, 0.5) is 0 Å². The van der Waals surface area contributed by atoms with Gasteiger partial charge >= 0.3 is 0 Å². The van der Waals surface area contributed by atoms with Crippen LogP contribution in [0.3, 0.4) is 0 Å². The van der Waals surface area contributed by atoms with Gasteiger partial charge in [-0.1, -0.05) is 24.6 Å². The summed E-state index contributed by atoms with van der Waals surface area (Å²) in [5.74, 6) is 0. The molecule has 0 atom stereocenters. The van der Waals surface area contributed by atoms with Gasteiger partial charge in [-0.05, 0) is 37.8 Å². The maximum Gasteiger partial charge on any atom is 0.0482 e. The third-order valence-corrected chi connectivity index (χ3v) is 3.62. The van der Waals surface area contributed by atoms with Gasteiger partial charge in [0.2, 0.25) is 0 Å². The van der Waals surface area contributed by atoms with Gasteiger partial charge in [0.25, 0.3) is 0 Å². The van der Waals surface area contributed by atoms with Crippen LogP contribution in [0, 0.1) is 6.92 Å². The zero-order chi connectivity index (χ0) is 12.3. The summed E-state index contributed by atoms with van der Waals surface area (Å²) >= 11 is 0. The molecule has 0 aliphatic heterocycles. The predicted molar refractivity (Wildman–Crippen MR) is 72.3 cm³/mol. The molecule has 17 heavy (non-hydrogen) atoms. The summed E-state index contributed by atoms with van der Waals surface area (Å²) in [5, 5.41) is 10.2. The number of aryl methyl sites for hydroxylation is 2. The molecular weight excluding hydrogens is 210 g/mol. The molecule has 92 valence electrons. The topological polar surface area (TPSA) is 25.2 Å². The van der Waals surface area contributed by atoms with Crippen LogP contribution in [0.2, 0.25) is 0 Å². The first-order chi connectivity index (χ1) is 8.25. The fourth-order valence-electron chi connectivity index (χ4n) is 2.51. The van der Waals surface area contributed by atoms with E-state index in [2.05, 4.69) is 42.8 Å². The minimum absolute atomic E-state index is 0.314. The molecule has 2 rings (SSSR count). The summed E-state index contributed by atoms with van der Waals surface area (Å²) in [6, 6.07) is 8.60. The number of aliphatic hydroxyl groups is 1. The molecular formula is C15H21NO. The Morgan fingerprint density at radius 3 is 2.65 bits per heavy atom. The lowest BCUT2D eigenvalue weighted by atomic mass is 10.0. The molecule has 0 bridgehead atoms. The fourth-order valence-corrected chi connectivity index (χ4v) is 2.51. The first-order valence-electron chi connectivity index (χ1n) is 6.39. The molecule has 0 fully saturated rings. The highest BCUT2D eigenvalue weighted by Crippen LogP contribution is 2.26. The zero-order valence-electron chi connectivity index (χ0n) is 10.7. The van der Waals surface area contributed by atoms with Crippen molar-refractivity contribution in [2.45, 2.75) is 32.6 Å². The number of nitrogens with zero attached hydrogens (tertiary/aromatic N) is 1. The van der Waals surface area contributed by atoms with Crippen LogP contribution in [0.25, 0.3) is 10.9 Å². The Morgan fingerprint density at radius 1 is 1.12 bits per heavy atom. The number of fused-ring (bicyclic) bond motifs is 1. The van der Waals surface area contributed by atoms with Gasteiger partial charge in [0.15, 0.2) is 0 Å². The maximum absolute atomic E-state index is 8.79. The van der Waals surface area contributed by atoms with Gasteiger partial charge in [0.1, 0.15) is 0 Å². The van der Waals surface area contributed by atoms with Crippen LogP contribution >= 0.6 is 0 Å². The molecule has 0 saturated heterocycles. The van der Waals surface area contributed by atoms with Gasteiger partial charge in [0.05, 0.1) is 0 Å². The van der Waals surface area contributed by atoms with Crippen LogP contribution in [0.1, 0.15) is 30.5 Å².